The first-order valence-electron chi connectivity index (χ1n) is 5.57. The Morgan fingerprint density at radius 1 is 1.18 bits per heavy atom. The summed E-state index contributed by atoms with van der Waals surface area (Å²) in [7, 11) is -1.17. The van der Waals surface area contributed by atoms with Gasteiger partial charge in [0.1, 0.15) is 0 Å². The number of benzene rings is 1. The monoisotopic (exact) mass is 257 g/mol. The van der Waals surface area contributed by atoms with Crippen LogP contribution >= 0.6 is 0 Å². The van der Waals surface area contributed by atoms with Gasteiger partial charge in [-0.2, -0.15) is 0 Å². The van der Waals surface area contributed by atoms with Crippen LogP contribution in [-0.4, -0.2) is 40.0 Å². The van der Waals surface area contributed by atoms with Crippen LogP contribution in [0.2, 0.25) is 0 Å². The highest BCUT2D eigenvalue weighted by molar-refractivity contribution is 7.90. The van der Waals surface area contributed by atoms with Crippen molar-refractivity contribution in [2.24, 2.45) is 0 Å². The molecule has 0 radical (unpaired) electrons. The first-order valence-corrected chi connectivity index (χ1v) is 7.46. The summed E-state index contributed by atoms with van der Waals surface area (Å²) in [6, 6.07) is 6.84. The largest absolute Gasteiger partial charge is 0.396 e. The predicted molar refractivity (Wildman–Crippen MR) is 69.1 cm³/mol. The maximum atomic E-state index is 11.3. The lowest BCUT2D eigenvalue weighted by molar-refractivity contribution is 0.285. The van der Waals surface area contributed by atoms with Crippen molar-refractivity contribution in [2.45, 2.75) is 17.7 Å². The molecule has 0 atom stereocenters. The maximum absolute atomic E-state index is 11.3. The number of unbranched alkanes of at least 4 members (excludes halogenated alkanes) is 1. The van der Waals surface area contributed by atoms with Crippen LogP contribution in [0, 0.1) is 0 Å². The van der Waals surface area contributed by atoms with E-state index in [9.17, 15) is 8.42 Å². The Bertz CT molecular complexity index is 439. The van der Waals surface area contributed by atoms with Crippen molar-refractivity contribution in [3.05, 3.63) is 24.3 Å². The number of rotatable bonds is 6. The van der Waals surface area contributed by atoms with Crippen LogP contribution in [0.4, 0.5) is 5.69 Å². The van der Waals surface area contributed by atoms with Gasteiger partial charge in [0.2, 0.25) is 0 Å². The van der Waals surface area contributed by atoms with Crippen molar-refractivity contribution in [2.75, 3.05) is 31.4 Å². The molecule has 0 aromatic heterocycles. The second-order valence-electron chi connectivity index (χ2n) is 4.12. The summed E-state index contributed by atoms with van der Waals surface area (Å²) >= 11 is 0. The SMILES string of the molecule is CN(CCCCO)c1ccc(S(C)(=O)=O)cc1. The van der Waals surface area contributed by atoms with E-state index in [-0.39, 0.29) is 6.61 Å². The van der Waals surface area contributed by atoms with E-state index < -0.39 is 9.84 Å². The van der Waals surface area contributed by atoms with E-state index in [0.717, 1.165) is 25.1 Å². The number of aliphatic hydroxyl groups is 1. The highest BCUT2D eigenvalue weighted by Crippen LogP contribution is 2.17. The molecule has 0 bridgehead atoms. The van der Waals surface area contributed by atoms with E-state index in [1.54, 1.807) is 24.3 Å². The summed E-state index contributed by atoms with van der Waals surface area (Å²) in [5, 5.41) is 8.69. The Hall–Kier alpha value is -1.07. The van der Waals surface area contributed by atoms with Crippen molar-refractivity contribution in [3.8, 4) is 0 Å². The van der Waals surface area contributed by atoms with Crippen LogP contribution in [0.25, 0.3) is 0 Å². The Morgan fingerprint density at radius 3 is 2.24 bits per heavy atom. The van der Waals surface area contributed by atoms with Crippen LogP contribution in [0.5, 0.6) is 0 Å². The molecular formula is C12H19NO3S. The highest BCUT2D eigenvalue weighted by Gasteiger charge is 2.07. The number of anilines is 1. The summed E-state index contributed by atoms with van der Waals surface area (Å²) in [4.78, 5) is 2.38. The minimum Gasteiger partial charge on any atom is -0.396 e. The summed E-state index contributed by atoms with van der Waals surface area (Å²) in [6.07, 6.45) is 2.90. The molecule has 0 aliphatic rings. The Labute approximate surface area is 103 Å². The zero-order valence-electron chi connectivity index (χ0n) is 10.3. The van der Waals surface area contributed by atoms with Crippen molar-refractivity contribution >= 4 is 15.5 Å². The van der Waals surface area contributed by atoms with Gasteiger partial charge < -0.3 is 10.0 Å². The molecule has 96 valence electrons. The van der Waals surface area contributed by atoms with Gasteiger partial charge in [-0.25, -0.2) is 8.42 Å². The van der Waals surface area contributed by atoms with Gasteiger partial charge >= 0.3 is 0 Å². The van der Waals surface area contributed by atoms with Gasteiger partial charge in [-0.15, -0.1) is 0 Å². The van der Waals surface area contributed by atoms with Gasteiger partial charge in [-0.3, -0.25) is 0 Å². The quantitative estimate of drug-likeness (QED) is 0.780. The topological polar surface area (TPSA) is 57.6 Å². The van der Waals surface area contributed by atoms with Crippen LogP contribution in [0.15, 0.2) is 29.2 Å². The van der Waals surface area contributed by atoms with E-state index in [4.69, 9.17) is 5.11 Å². The summed E-state index contributed by atoms with van der Waals surface area (Å²) < 4.78 is 22.6. The van der Waals surface area contributed by atoms with Gasteiger partial charge in [0.05, 0.1) is 4.90 Å². The van der Waals surface area contributed by atoms with Gasteiger partial charge in [-0.1, -0.05) is 0 Å². The predicted octanol–water partition coefficient (Wildman–Crippen LogP) is 1.30. The number of nitrogens with zero attached hydrogens (tertiary/aromatic N) is 1. The zero-order valence-corrected chi connectivity index (χ0v) is 11.1. The second-order valence-corrected chi connectivity index (χ2v) is 6.13. The molecule has 1 aromatic rings. The number of hydrogen-bond acceptors (Lipinski definition) is 4. The van der Waals surface area contributed by atoms with Gasteiger partial charge in [0.15, 0.2) is 9.84 Å². The smallest absolute Gasteiger partial charge is 0.175 e. The molecule has 17 heavy (non-hydrogen) atoms. The summed E-state index contributed by atoms with van der Waals surface area (Å²) in [5.41, 5.74) is 0.982. The first kappa shape index (κ1) is 14.0. The zero-order chi connectivity index (χ0) is 12.9. The molecular weight excluding hydrogens is 238 g/mol. The van der Waals surface area contributed by atoms with E-state index >= 15 is 0 Å². The fourth-order valence-electron chi connectivity index (χ4n) is 1.54. The van der Waals surface area contributed by atoms with Crippen molar-refractivity contribution in [1.82, 2.24) is 0 Å². The minimum atomic E-state index is -3.12. The highest BCUT2D eigenvalue weighted by atomic mass is 32.2. The summed E-state index contributed by atoms with van der Waals surface area (Å²) in [5.74, 6) is 0. The van der Waals surface area contributed by atoms with Crippen molar-refractivity contribution in [1.29, 1.82) is 0 Å². The fourth-order valence-corrected chi connectivity index (χ4v) is 2.17. The molecule has 0 fully saturated rings. The van der Waals surface area contributed by atoms with Gasteiger partial charge in [0.25, 0.3) is 0 Å². The molecule has 0 heterocycles. The third kappa shape index (κ3) is 4.36. The molecule has 0 saturated carbocycles. The summed E-state index contributed by atoms with van der Waals surface area (Å²) in [6.45, 7) is 1.06. The van der Waals surface area contributed by atoms with Crippen molar-refractivity contribution < 1.29 is 13.5 Å². The average Bonchev–Trinajstić information content (AvgIpc) is 2.28. The lowest BCUT2D eigenvalue weighted by Gasteiger charge is -2.19. The normalized spacial score (nSPS) is 11.5. The van der Waals surface area contributed by atoms with E-state index in [1.807, 2.05) is 11.9 Å². The van der Waals surface area contributed by atoms with E-state index in [2.05, 4.69) is 0 Å². The lowest BCUT2D eigenvalue weighted by Crippen LogP contribution is -2.18. The van der Waals surface area contributed by atoms with Crippen LogP contribution in [-0.2, 0) is 9.84 Å². The molecule has 5 heteroatoms. The Morgan fingerprint density at radius 2 is 1.76 bits per heavy atom. The third-order valence-corrected chi connectivity index (χ3v) is 3.74. The molecule has 0 amide bonds. The van der Waals surface area contributed by atoms with Crippen LogP contribution in [0.1, 0.15) is 12.8 Å². The number of aliphatic hydroxyl groups excluding tert-OH is 1. The van der Waals surface area contributed by atoms with E-state index in [1.165, 1.54) is 6.26 Å². The third-order valence-electron chi connectivity index (χ3n) is 2.61. The van der Waals surface area contributed by atoms with E-state index in [0.29, 0.717) is 4.90 Å². The average molecular weight is 257 g/mol. The molecule has 1 rings (SSSR count). The van der Waals surface area contributed by atoms with Gasteiger partial charge in [-0.05, 0) is 37.1 Å². The molecule has 4 nitrogen and oxygen atoms in total. The lowest BCUT2D eigenvalue weighted by atomic mass is 10.2. The molecule has 0 spiro atoms. The van der Waals surface area contributed by atoms with Crippen LogP contribution < -0.4 is 4.90 Å². The van der Waals surface area contributed by atoms with Crippen molar-refractivity contribution in [3.63, 3.8) is 0 Å². The van der Waals surface area contributed by atoms with Crippen LogP contribution in [0.3, 0.4) is 0 Å². The molecule has 1 aromatic carbocycles. The standard InChI is InChI=1S/C12H19NO3S/c1-13(9-3-4-10-14)11-5-7-12(8-6-11)17(2,15)16/h5-8,14H,3-4,9-10H2,1-2H3. The minimum absolute atomic E-state index is 0.209. The Balaban J connectivity index is 2.67. The molecule has 0 aliphatic heterocycles. The Kier molecular flexibility index (Phi) is 4.96. The fraction of sp³-hybridized carbons (Fsp3) is 0.500. The molecule has 1 N–H and O–H groups in total. The number of sulfone groups is 1. The molecule has 0 aliphatic carbocycles. The number of hydrogen-bond donors (Lipinski definition) is 1. The van der Waals surface area contributed by atoms with Gasteiger partial charge in [0, 0.05) is 32.1 Å². The first-order chi connectivity index (χ1) is 7.95. The second kappa shape index (κ2) is 6.02. The maximum Gasteiger partial charge on any atom is 0.175 e. The molecule has 0 saturated heterocycles. The molecule has 0 unspecified atom stereocenters.